The molecule has 0 aromatic heterocycles. The lowest BCUT2D eigenvalue weighted by atomic mass is 9.76. The number of amides is 1. The Labute approximate surface area is 165 Å². The minimum absolute atomic E-state index is 0.0444. The number of carbonyl (C=O) groups is 1. The van der Waals surface area contributed by atoms with Crippen LogP contribution < -0.4 is 9.80 Å². The summed E-state index contributed by atoms with van der Waals surface area (Å²) < 4.78 is 18.3. The molecule has 6 nitrogen and oxygen atoms in total. The third-order valence-corrected chi connectivity index (χ3v) is 7.41. The fourth-order valence-corrected chi connectivity index (χ4v) is 5.83. The lowest BCUT2D eigenvalue weighted by Crippen LogP contribution is -3.15. The van der Waals surface area contributed by atoms with Gasteiger partial charge in [0.25, 0.3) is 11.7 Å². The van der Waals surface area contributed by atoms with E-state index in [4.69, 9.17) is 14.2 Å². The van der Waals surface area contributed by atoms with Crippen LogP contribution in [-0.4, -0.2) is 52.1 Å². The molecular formula is C22H27N2O4+. The van der Waals surface area contributed by atoms with Crippen LogP contribution in [0.1, 0.15) is 18.4 Å². The third kappa shape index (κ3) is 2.32. The number of fused-ring (bicyclic) bond motifs is 5. The number of para-hydroxylation sites is 1. The van der Waals surface area contributed by atoms with Gasteiger partial charge in [-0.1, -0.05) is 30.4 Å². The number of rotatable bonds is 2. The summed E-state index contributed by atoms with van der Waals surface area (Å²) in [4.78, 5) is 16.8. The zero-order chi connectivity index (χ0) is 18.8. The number of morpholine rings is 1. The molecule has 5 aliphatic rings. The highest BCUT2D eigenvalue weighted by Gasteiger charge is 2.61. The molecule has 1 N–H and O–H groups in total. The summed E-state index contributed by atoms with van der Waals surface area (Å²) in [5, 5.41) is 0. The van der Waals surface area contributed by atoms with Crippen molar-refractivity contribution < 1.29 is 23.9 Å². The van der Waals surface area contributed by atoms with E-state index in [1.165, 1.54) is 11.3 Å². The van der Waals surface area contributed by atoms with Crippen molar-refractivity contribution in [3.63, 3.8) is 0 Å². The van der Waals surface area contributed by atoms with Crippen LogP contribution >= 0.6 is 0 Å². The average molecular weight is 383 g/mol. The summed E-state index contributed by atoms with van der Waals surface area (Å²) in [7, 11) is 0. The molecule has 2 atom stereocenters. The van der Waals surface area contributed by atoms with Crippen molar-refractivity contribution >= 4 is 11.6 Å². The maximum absolute atomic E-state index is 13.6. The molecule has 1 aromatic rings. The normalized spacial score (nSPS) is 39.4. The zero-order valence-electron chi connectivity index (χ0n) is 16.1. The molecule has 2 bridgehead atoms. The van der Waals surface area contributed by atoms with Crippen molar-refractivity contribution in [1.29, 1.82) is 0 Å². The Morgan fingerprint density at radius 1 is 1.11 bits per heavy atom. The van der Waals surface area contributed by atoms with E-state index < -0.39 is 5.79 Å². The average Bonchev–Trinajstić information content (AvgIpc) is 3.40. The Hall–Kier alpha value is -1.73. The van der Waals surface area contributed by atoms with Crippen LogP contribution in [0.15, 0.2) is 36.4 Å². The van der Waals surface area contributed by atoms with Crippen molar-refractivity contribution in [2.75, 3.05) is 51.1 Å². The summed E-state index contributed by atoms with van der Waals surface area (Å²) in [6, 6.07) is 7.95. The van der Waals surface area contributed by atoms with Gasteiger partial charge in [0.1, 0.15) is 13.1 Å². The fourth-order valence-electron chi connectivity index (χ4n) is 5.83. The molecule has 6 heteroatoms. The van der Waals surface area contributed by atoms with Crippen LogP contribution in [0.4, 0.5) is 5.69 Å². The number of ether oxygens (including phenoxy) is 3. The second kappa shape index (κ2) is 6.13. The van der Waals surface area contributed by atoms with Crippen LogP contribution in [-0.2, 0) is 24.8 Å². The van der Waals surface area contributed by atoms with Gasteiger partial charge < -0.3 is 19.1 Å². The van der Waals surface area contributed by atoms with Crippen molar-refractivity contribution in [3.8, 4) is 0 Å². The Morgan fingerprint density at radius 3 is 2.61 bits per heavy atom. The first-order chi connectivity index (χ1) is 13.7. The van der Waals surface area contributed by atoms with E-state index in [1.54, 1.807) is 0 Å². The largest absolute Gasteiger partial charge is 0.370 e. The molecule has 2 aliphatic carbocycles. The molecule has 1 amide bonds. The van der Waals surface area contributed by atoms with Gasteiger partial charge in [-0.3, -0.25) is 9.69 Å². The molecule has 148 valence electrons. The zero-order valence-corrected chi connectivity index (χ0v) is 16.1. The van der Waals surface area contributed by atoms with Crippen LogP contribution in [0.2, 0.25) is 0 Å². The molecule has 6 rings (SSSR count). The molecule has 1 aromatic carbocycles. The number of hydrogen-bond donors (Lipinski definition) is 1. The van der Waals surface area contributed by atoms with E-state index in [0.29, 0.717) is 31.7 Å². The maximum atomic E-state index is 13.6. The second-order valence-electron chi connectivity index (χ2n) is 9.02. The van der Waals surface area contributed by atoms with Gasteiger partial charge in [-0.05, 0) is 30.7 Å². The van der Waals surface area contributed by atoms with Gasteiger partial charge in [-0.15, -0.1) is 0 Å². The fraction of sp³-hybridized carbons (Fsp3) is 0.591. The molecule has 3 heterocycles. The molecule has 1 saturated carbocycles. The Bertz CT molecular complexity index is 824. The first kappa shape index (κ1) is 17.2. The molecule has 28 heavy (non-hydrogen) atoms. The van der Waals surface area contributed by atoms with Crippen LogP contribution in [0.5, 0.6) is 0 Å². The molecule has 3 fully saturated rings. The number of anilines is 1. The number of quaternary nitrogens is 1. The minimum atomic E-state index is -1.26. The van der Waals surface area contributed by atoms with Crippen molar-refractivity contribution in [3.05, 3.63) is 42.0 Å². The highest BCUT2D eigenvalue weighted by Crippen LogP contribution is 2.57. The predicted octanol–water partition coefficient (Wildman–Crippen LogP) is 0.688. The van der Waals surface area contributed by atoms with Crippen LogP contribution in [0.3, 0.4) is 0 Å². The monoisotopic (exact) mass is 383 g/mol. The van der Waals surface area contributed by atoms with Crippen molar-refractivity contribution in [1.82, 2.24) is 0 Å². The first-order valence-corrected chi connectivity index (χ1v) is 10.5. The van der Waals surface area contributed by atoms with E-state index in [1.807, 2.05) is 29.2 Å². The number of hydrogen-bond acceptors (Lipinski definition) is 4. The number of benzene rings is 1. The highest BCUT2D eigenvalue weighted by molar-refractivity contribution is 6.05. The van der Waals surface area contributed by atoms with Crippen LogP contribution in [0, 0.1) is 17.3 Å². The Balaban J connectivity index is 1.29. The number of nitrogens with zero attached hydrogens (tertiary/aromatic N) is 1. The highest BCUT2D eigenvalue weighted by atomic mass is 16.7. The van der Waals surface area contributed by atoms with E-state index >= 15 is 0 Å². The summed E-state index contributed by atoms with van der Waals surface area (Å²) in [6.45, 7) is 5.14. The summed E-state index contributed by atoms with van der Waals surface area (Å²) in [5.41, 5.74) is 1.83. The molecule has 2 saturated heterocycles. The second-order valence-corrected chi connectivity index (χ2v) is 9.02. The summed E-state index contributed by atoms with van der Waals surface area (Å²) in [6.07, 6.45) is 6.99. The van der Waals surface area contributed by atoms with Gasteiger partial charge in [-0.2, -0.15) is 0 Å². The van der Waals surface area contributed by atoms with Gasteiger partial charge in [0.05, 0.1) is 32.1 Å². The van der Waals surface area contributed by atoms with E-state index in [9.17, 15) is 4.79 Å². The first-order valence-electron chi connectivity index (χ1n) is 10.5. The lowest BCUT2D eigenvalue weighted by Gasteiger charge is -2.45. The Morgan fingerprint density at radius 2 is 1.89 bits per heavy atom. The quantitative estimate of drug-likeness (QED) is 0.764. The van der Waals surface area contributed by atoms with Crippen molar-refractivity contribution in [2.24, 2.45) is 17.3 Å². The van der Waals surface area contributed by atoms with Gasteiger partial charge >= 0.3 is 0 Å². The molecule has 0 unspecified atom stereocenters. The van der Waals surface area contributed by atoms with Gasteiger partial charge in [0.2, 0.25) is 0 Å². The predicted molar refractivity (Wildman–Crippen MR) is 102 cm³/mol. The SMILES string of the molecule is O=C1N(C[NH+]2CCOCC2)c2ccccc2C12OCC1(CO2)C[C@H]2C=C[C@H]1C2. The number of carbonyl (C=O) groups excluding carboxylic acids is 1. The summed E-state index contributed by atoms with van der Waals surface area (Å²) in [5.74, 6) is -0.157. The van der Waals surface area contributed by atoms with Crippen molar-refractivity contribution in [2.45, 2.75) is 18.6 Å². The lowest BCUT2D eigenvalue weighted by molar-refractivity contribution is -0.906. The van der Waals surface area contributed by atoms with Crippen LogP contribution in [0.25, 0.3) is 0 Å². The topological polar surface area (TPSA) is 52.4 Å². The number of allylic oxidation sites excluding steroid dienone is 2. The van der Waals surface area contributed by atoms with Gasteiger partial charge in [-0.25, -0.2) is 0 Å². The van der Waals surface area contributed by atoms with E-state index in [0.717, 1.165) is 44.0 Å². The van der Waals surface area contributed by atoms with E-state index in [2.05, 4.69) is 12.2 Å². The van der Waals surface area contributed by atoms with Gasteiger partial charge in [0, 0.05) is 11.0 Å². The molecule has 2 spiro atoms. The standard InChI is InChI=1S/C22H26N2O4/c25-20-22(27-13-21(14-28-22)12-16-5-6-17(21)11-16)18-3-1-2-4-19(18)24(20)15-23-7-9-26-10-8-23/h1-6,16-17H,7-15H2/p+1/t16-,17-,21?,22?/m0/s1. The molecule has 3 aliphatic heterocycles. The molecule has 0 radical (unpaired) electrons. The molecular weight excluding hydrogens is 356 g/mol. The Kier molecular flexibility index (Phi) is 3.76. The summed E-state index contributed by atoms with van der Waals surface area (Å²) >= 11 is 0. The third-order valence-electron chi connectivity index (χ3n) is 7.41. The smallest absolute Gasteiger partial charge is 0.296 e. The maximum Gasteiger partial charge on any atom is 0.296 e. The minimum Gasteiger partial charge on any atom is -0.370 e. The van der Waals surface area contributed by atoms with Gasteiger partial charge in [0.15, 0.2) is 6.67 Å². The number of nitrogens with one attached hydrogen (secondary N) is 1. The van der Waals surface area contributed by atoms with E-state index in [-0.39, 0.29) is 11.3 Å².